The average Bonchev–Trinajstić information content (AvgIpc) is 3.01. The number of nitrogens with zero attached hydrogens (tertiary/aromatic N) is 3. The monoisotopic (exact) mass is 255 g/mol. The second kappa shape index (κ2) is 5.38. The fraction of sp³-hybridized carbons (Fsp3) is 0.846. The third-order valence-electron chi connectivity index (χ3n) is 3.47. The minimum Gasteiger partial charge on any atom is -0.299 e. The smallest absolute Gasteiger partial charge is 0.225 e. The van der Waals surface area contributed by atoms with Crippen LogP contribution in [0.25, 0.3) is 0 Å². The molecular weight excluding hydrogens is 234 g/mol. The number of hydrogen-bond acceptors (Lipinski definition) is 2. The van der Waals surface area contributed by atoms with Gasteiger partial charge in [-0.2, -0.15) is 0 Å². The van der Waals surface area contributed by atoms with E-state index in [-0.39, 0.29) is 0 Å². The van der Waals surface area contributed by atoms with E-state index >= 15 is 0 Å². The summed E-state index contributed by atoms with van der Waals surface area (Å²) < 4.78 is 2.14. The van der Waals surface area contributed by atoms with Gasteiger partial charge in [0.05, 0.1) is 0 Å². The third kappa shape index (κ3) is 3.21. The molecule has 0 aliphatic heterocycles. The molecule has 4 heteroatoms. The number of hydrogen-bond donors (Lipinski definition) is 0. The van der Waals surface area contributed by atoms with E-state index in [0.29, 0.717) is 17.2 Å². The maximum atomic E-state index is 6.14. The van der Waals surface area contributed by atoms with Gasteiger partial charge in [-0.05, 0) is 43.7 Å². The van der Waals surface area contributed by atoms with Crippen molar-refractivity contribution < 1.29 is 0 Å². The first kappa shape index (κ1) is 12.9. The van der Waals surface area contributed by atoms with E-state index in [1.54, 1.807) is 0 Å². The second-order valence-corrected chi connectivity index (χ2v) is 5.98. The number of rotatable bonds is 6. The zero-order valence-corrected chi connectivity index (χ0v) is 11.7. The topological polar surface area (TPSA) is 30.7 Å². The average molecular weight is 256 g/mol. The molecule has 0 aromatic carbocycles. The molecule has 1 heterocycles. The van der Waals surface area contributed by atoms with Crippen molar-refractivity contribution in [3.63, 3.8) is 0 Å². The maximum absolute atomic E-state index is 6.14. The van der Waals surface area contributed by atoms with Crippen LogP contribution in [0.15, 0.2) is 0 Å². The van der Waals surface area contributed by atoms with Gasteiger partial charge in [-0.1, -0.05) is 26.7 Å². The van der Waals surface area contributed by atoms with Gasteiger partial charge in [0.1, 0.15) is 5.82 Å². The van der Waals surface area contributed by atoms with E-state index in [1.165, 1.54) is 25.7 Å². The summed E-state index contributed by atoms with van der Waals surface area (Å²) in [6.45, 7) is 6.76. The molecule has 0 N–H and O–H groups in total. The van der Waals surface area contributed by atoms with Crippen LogP contribution in [-0.2, 0) is 0 Å². The molecule has 0 saturated heterocycles. The zero-order valence-electron chi connectivity index (χ0n) is 11.0. The van der Waals surface area contributed by atoms with Crippen LogP contribution in [-0.4, -0.2) is 14.8 Å². The Bertz CT molecular complexity index is 369. The van der Waals surface area contributed by atoms with Gasteiger partial charge in [0.2, 0.25) is 5.28 Å². The molecule has 1 unspecified atom stereocenters. The first-order valence-corrected chi connectivity index (χ1v) is 7.07. The Morgan fingerprint density at radius 2 is 1.94 bits per heavy atom. The van der Waals surface area contributed by atoms with Crippen LogP contribution in [0.5, 0.6) is 0 Å². The highest BCUT2D eigenvalue weighted by molar-refractivity contribution is 6.28. The van der Waals surface area contributed by atoms with Crippen molar-refractivity contribution in [2.75, 3.05) is 0 Å². The fourth-order valence-corrected chi connectivity index (χ4v) is 2.55. The molecule has 1 aliphatic rings. The van der Waals surface area contributed by atoms with Crippen molar-refractivity contribution in [2.24, 2.45) is 5.92 Å². The van der Waals surface area contributed by atoms with Crippen LogP contribution in [0, 0.1) is 5.92 Å². The van der Waals surface area contributed by atoms with E-state index in [4.69, 9.17) is 11.6 Å². The van der Waals surface area contributed by atoms with Gasteiger partial charge in [0.15, 0.2) is 0 Å². The van der Waals surface area contributed by atoms with Crippen molar-refractivity contribution in [3.05, 3.63) is 11.1 Å². The van der Waals surface area contributed by atoms with Gasteiger partial charge in [-0.3, -0.25) is 4.57 Å². The van der Waals surface area contributed by atoms with Crippen LogP contribution < -0.4 is 0 Å². The molecule has 0 radical (unpaired) electrons. The lowest BCUT2D eigenvalue weighted by Crippen LogP contribution is -2.09. The molecule has 2 rings (SSSR count). The fourth-order valence-electron chi connectivity index (χ4n) is 2.26. The summed E-state index contributed by atoms with van der Waals surface area (Å²) in [7, 11) is 0. The minimum atomic E-state index is 0.423. The van der Waals surface area contributed by atoms with Crippen molar-refractivity contribution in [1.29, 1.82) is 0 Å². The van der Waals surface area contributed by atoms with Crippen LogP contribution in [0.2, 0.25) is 5.28 Å². The van der Waals surface area contributed by atoms with Crippen molar-refractivity contribution in [1.82, 2.24) is 14.8 Å². The lowest BCUT2D eigenvalue weighted by Gasteiger charge is -2.16. The first-order valence-electron chi connectivity index (χ1n) is 6.70. The highest BCUT2D eigenvalue weighted by atomic mass is 35.5. The molecule has 1 saturated carbocycles. The van der Waals surface area contributed by atoms with Gasteiger partial charge >= 0.3 is 0 Å². The largest absolute Gasteiger partial charge is 0.299 e. The maximum Gasteiger partial charge on any atom is 0.225 e. The Balaban J connectivity index is 1.97. The minimum absolute atomic E-state index is 0.423. The van der Waals surface area contributed by atoms with E-state index in [1.807, 2.05) is 0 Å². The SMILES string of the molecule is CC(C)CCCC(C)n1c(Cl)nnc1C1CC1. The molecule has 0 spiro atoms. The van der Waals surface area contributed by atoms with Crippen LogP contribution >= 0.6 is 11.6 Å². The Kier molecular flexibility index (Phi) is 4.08. The van der Waals surface area contributed by atoms with Crippen LogP contribution in [0.3, 0.4) is 0 Å². The molecular formula is C13H22ClN3. The highest BCUT2D eigenvalue weighted by Crippen LogP contribution is 2.41. The van der Waals surface area contributed by atoms with Gasteiger partial charge in [-0.15, -0.1) is 10.2 Å². The second-order valence-electron chi connectivity index (χ2n) is 5.65. The summed E-state index contributed by atoms with van der Waals surface area (Å²) in [5.74, 6) is 2.50. The molecule has 1 aliphatic carbocycles. The molecule has 1 aromatic rings. The van der Waals surface area contributed by atoms with E-state index in [0.717, 1.165) is 18.2 Å². The standard InChI is InChI=1S/C13H22ClN3/c1-9(2)5-4-6-10(3)17-12(11-7-8-11)15-16-13(17)14/h9-11H,4-8H2,1-3H3. The van der Waals surface area contributed by atoms with Crippen molar-refractivity contribution in [3.8, 4) is 0 Å². The summed E-state index contributed by atoms with van der Waals surface area (Å²) in [4.78, 5) is 0. The molecule has 0 bridgehead atoms. The van der Waals surface area contributed by atoms with Gasteiger partial charge in [0.25, 0.3) is 0 Å². The Morgan fingerprint density at radius 3 is 2.53 bits per heavy atom. The van der Waals surface area contributed by atoms with Crippen molar-refractivity contribution >= 4 is 11.6 Å². The number of halogens is 1. The third-order valence-corrected chi connectivity index (χ3v) is 3.72. The Labute approximate surface area is 109 Å². The summed E-state index contributed by atoms with van der Waals surface area (Å²) in [5.41, 5.74) is 0. The predicted octanol–water partition coefficient (Wildman–Crippen LogP) is 4.20. The normalized spacial score (nSPS) is 17.7. The summed E-state index contributed by atoms with van der Waals surface area (Å²) in [6.07, 6.45) is 6.18. The zero-order chi connectivity index (χ0) is 12.4. The Morgan fingerprint density at radius 1 is 1.24 bits per heavy atom. The Hall–Kier alpha value is -0.570. The lowest BCUT2D eigenvalue weighted by molar-refractivity contribution is 0.437. The number of aromatic nitrogens is 3. The van der Waals surface area contributed by atoms with Gasteiger partial charge < -0.3 is 0 Å². The lowest BCUT2D eigenvalue weighted by atomic mass is 10.0. The summed E-state index contributed by atoms with van der Waals surface area (Å²) >= 11 is 6.14. The van der Waals surface area contributed by atoms with Gasteiger partial charge in [-0.25, -0.2) is 0 Å². The summed E-state index contributed by atoms with van der Waals surface area (Å²) in [6, 6.07) is 0.423. The highest BCUT2D eigenvalue weighted by Gasteiger charge is 2.31. The molecule has 1 fully saturated rings. The quantitative estimate of drug-likeness (QED) is 0.763. The van der Waals surface area contributed by atoms with E-state index in [9.17, 15) is 0 Å². The molecule has 1 aromatic heterocycles. The van der Waals surface area contributed by atoms with Crippen molar-refractivity contribution in [2.45, 2.75) is 64.8 Å². The molecule has 1 atom stereocenters. The van der Waals surface area contributed by atoms with Crippen LogP contribution in [0.1, 0.15) is 70.7 Å². The van der Waals surface area contributed by atoms with E-state index in [2.05, 4.69) is 35.5 Å². The first-order chi connectivity index (χ1) is 8.09. The molecule has 3 nitrogen and oxygen atoms in total. The van der Waals surface area contributed by atoms with Gasteiger partial charge in [0, 0.05) is 12.0 Å². The van der Waals surface area contributed by atoms with Crippen LogP contribution in [0.4, 0.5) is 0 Å². The predicted molar refractivity (Wildman–Crippen MR) is 70.4 cm³/mol. The molecule has 17 heavy (non-hydrogen) atoms. The molecule has 0 amide bonds. The molecule has 96 valence electrons. The van der Waals surface area contributed by atoms with E-state index < -0.39 is 0 Å². The summed E-state index contributed by atoms with van der Waals surface area (Å²) in [5, 5.41) is 8.80.